The number of imidazole rings is 1. The van der Waals surface area contributed by atoms with E-state index in [4.69, 9.17) is 11.6 Å². The lowest BCUT2D eigenvalue weighted by Crippen LogP contribution is -2.05. The first-order valence-electron chi connectivity index (χ1n) is 6.54. The molecule has 2 heterocycles. The number of nitrogens with one attached hydrogen (secondary N) is 1. The van der Waals surface area contributed by atoms with Gasteiger partial charge < -0.3 is 9.88 Å². The van der Waals surface area contributed by atoms with E-state index >= 15 is 0 Å². The average molecular weight is 306 g/mol. The van der Waals surface area contributed by atoms with Crippen LogP contribution in [-0.4, -0.2) is 19.5 Å². The Balaban J connectivity index is 1.92. The van der Waals surface area contributed by atoms with E-state index in [1.165, 1.54) is 12.1 Å². The zero-order chi connectivity index (χ0) is 14.8. The molecule has 7 heteroatoms. The highest BCUT2D eigenvalue weighted by molar-refractivity contribution is 6.28. The first-order valence-corrected chi connectivity index (χ1v) is 6.92. The second-order valence-electron chi connectivity index (χ2n) is 4.52. The molecule has 0 saturated heterocycles. The molecule has 2 aromatic heterocycles. The second-order valence-corrected chi connectivity index (χ2v) is 4.86. The summed E-state index contributed by atoms with van der Waals surface area (Å²) < 4.78 is 14.8. The van der Waals surface area contributed by atoms with E-state index in [2.05, 4.69) is 20.3 Å². The first kappa shape index (κ1) is 13.8. The van der Waals surface area contributed by atoms with Gasteiger partial charge in [0.25, 0.3) is 0 Å². The van der Waals surface area contributed by atoms with E-state index in [-0.39, 0.29) is 11.1 Å². The summed E-state index contributed by atoms with van der Waals surface area (Å²) in [6.07, 6.45) is 1.71. The molecule has 1 aromatic carbocycles. The molecule has 0 saturated carbocycles. The summed E-state index contributed by atoms with van der Waals surface area (Å²) in [5.74, 6) is 0.365. The molecule has 0 radical (unpaired) electrons. The summed E-state index contributed by atoms with van der Waals surface area (Å²) in [7, 11) is 0. The molecule has 0 spiro atoms. The summed E-state index contributed by atoms with van der Waals surface area (Å²) >= 11 is 5.92. The highest BCUT2D eigenvalue weighted by Gasteiger charge is 2.12. The van der Waals surface area contributed by atoms with E-state index in [1.54, 1.807) is 18.5 Å². The first-order chi connectivity index (χ1) is 10.2. The number of nitrogens with zero attached hydrogens (tertiary/aromatic N) is 4. The maximum absolute atomic E-state index is 12.9. The number of aromatic nitrogens is 4. The number of hydrogen-bond acceptors (Lipinski definition) is 4. The Hall–Kier alpha value is -2.21. The third-order valence-electron chi connectivity index (χ3n) is 3.16. The van der Waals surface area contributed by atoms with Crippen LogP contribution in [0.3, 0.4) is 0 Å². The van der Waals surface area contributed by atoms with Crippen LogP contribution in [0.4, 0.5) is 10.2 Å². The van der Waals surface area contributed by atoms with Gasteiger partial charge in [0.05, 0.1) is 6.33 Å². The quantitative estimate of drug-likeness (QED) is 0.752. The summed E-state index contributed by atoms with van der Waals surface area (Å²) in [6.45, 7) is 3.28. The molecular formula is C14H13ClFN5. The molecule has 1 N–H and O–H groups in total. The van der Waals surface area contributed by atoms with Gasteiger partial charge in [-0.2, -0.15) is 9.97 Å². The third-order valence-corrected chi connectivity index (χ3v) is 3.33. The van der Waals surface area contributed by atoms with Crippen LogP contribution in [-0.2, 0) is 13.1 Å². The fourth-order valence-corrected chi connectivity index (χ4v) is 2.27. The molecular weight excluding hydrogens is 293 g/mol. The maximum atomic E-state index is 12.9. The fraction of sp³-hybridized carbons (Fsp3) is 0.214. The van der Waals surface area contributed by atoms with Crippen LogP contribution in [0.1, 0.15) is 12.5 Å². The number of halogens is 2. The van der Waals surface area contributed by atoms with E-state index in [0.717, 1.165) is 17.6 Å². The van der Waals surface area contributed by atoms with Crippen LogP contribution in [0.5, 0.6) is 0 Å². The van der Waals surface area contributed by atoms with Gasteiger partial charge in [0.15, 0.2) is 11.5 Å². The molecule has 5 nitrogen and oxygen atoms in total. The molecule has 108 valence electrons. The van der Waals surface area contributed by atoms with Crippen molar-refractivity contribution >= 4 is 28.6 Å². The topological polar surface area (TPSA) is 55.6 Å². The van der Waals surface area contributed by atoms with Crippen molar-refractivity contribution in [2.24, 2.45) is 0 Å². The van der Waals surface area contributed by atoms with Gasteiger partial charge in [0.2, 0.25) is 5.28 Å². The monoisotopic (exact) mass is 305 g/mol. The number of hydrogen-bond donors (Lipinski definition) is 1. The Labute approximate surface area is 125 Å². The minimum Gasteiger partial charge on any atom is -0.364 e. The smallest absolute Gasteiger partial charge is 0.226 e. The number of benzene rings is 1. The summed E-state index contributed by atoms with van der Waals surface area (Å²) in [5, 5.41) is 3.35. The predicted molar refractivity (Wildman–Crippen MR) is 79.7 cm³/mol. The zero-order valence-electron chi connectivity index (χ0n) is 11.3. The van der Waals surface area contributed by atoms with Crippen LogP contribution in [0, 0.1) is 5.82 Å². The van der Waals surface area contributed by atoms with Crippen LogP contribution in [0.2, 0.25) is 5.28 Å². The maximum Gasteiger partial charge on any atom is 0.226 e. The SMILES string of the molecule is CCn1cnc2nc(Cl)nc(NCc3ccc(F)cc3)c21. The van der Waals surface area contributed by atoms with E-state index in [1.807, 2.05) is 11.5 Å². The standard InChI is InChI=1S/C14H13ClFN5/c1-2-21-8-18-13-11(21)12(19-14(15)20-13)17-7-9-3-5-10(16)6-4-9/h3-6,8H,2,7H2,1H3,(H,17,19,20). The molecule has 0 aliphatic heterocycles. The van der Waals surface area contributed by atoms with Gasteiger partial charge in [-0.15, -0.1) is 0 Å². The van der Waals surface area contributed by atoms with Gasteiger partial charge in [0, 0.05) is 13.1 Å². The molecule has 0 unspecified atom stereocenters. The third kappa shape index (κ3) is 2.80. The highest BCUT2D eigenvalue weighted by Crippen LogP contribution is 2.22. The average Bonchev–Trinajstić information content (AvgIpc) is 2.89. The fourth-order valence-electron chi connectivity index (χ4n) is 2.10. The molecule has 0 fully saturated rings. The Kier molecular flexibility index (Phi) is 3.70. The molecule has 3 aromatic rings. The van der Waals surface area contributed by atoms with Crippen molar-refractivity contribution in [1.29, 1.82) is 0 Å². The van der Waals surface area contributed by atoms with E-state index < -0.39 is 0 Å². The van der Waals surface area contributed by atoms with Crippen molar-refractivity contribution in [3.05, 3.63) is 47.3 Å². The zero-order valence-corrected chi connectivity index (χ0v) is 12.1. The lowest BCUT2D eigenvalue weighted by Gasteiger charge is -2.09. The van der Waals surface area contributed by atoms with Gasteiger partial charge >= 0.3 is 0 Å². The van der Waals surface area contributed by atoms with Gasteiger partial charge in [0.1, 0.15) is 11.3 Å². The molecule has 0 aliphatic carbocycles. The summed E-state index contributed by atoms with van der Waals surface area (Å²) in [4.78, 5) is 12.5. The molecule has 21 heavy (non-hydrogen) atoms. The van der Waals surface area contributed by atoms with Crippen LogP contribution >= 0.6 is 11.6 Å². The summed E-state index contributed by atoms with van der Waals surface area (Å²) in [5.41, 5.74) is 2.31. The van der Waals surface area contributed by atoms with E-state index in [9.17, 15) is 4.39 Å². The van der Waals surface area contributed by atoms with Crippen LogP contribution in [0.25, 0.3) is 11.2 Å². The van der Waals surface area contributed by atoms with Crippen molar-refractivity contribution in [2.75, 3.05) is 5.32 Å². The number of rotatable bonds is 4. The molecule has 0 amide bonds. The number of fused-ring (bicyclic) bond motifs is 1. The molecule has 0 aliphatic rings. The lowest BCUT2D eigenvalue weighted by atomic mass is 10.2. The van der Waals surface area contributed by atoms with Crippen molar-refractivity contribution in [3.63, 3.8) is 0 Å². The largest absolute Gasteiger partial charge is 0.364 e. The highest BCUT2D eigenvalue weighted by atomic mass is 35.5. The minimum absolute atomic E-state index is 0.144. The van der Waals surface area contributed by atoms with Crippen molar-refractivity contribution < 1.29 is 4.39 Å². The van der Waals surface area contributed by atoms with Gasteiger partial charge in [-0.05, 0) is 36.2 Å². The predicted octanol–water partition coefficient (Wildman–Crippen LogP) is 3.25. The van der Waals surface area contributed by atoms with E-state index in [0.29, 0.717) is 18.0 Å². The Morgan fingerprint density at radius 2 is 2.00 bits per heavy atom. The van der Waals surface area contributed by atoms with Gasteiger partial charge in [-0.25, -0.2) is 9.37 Å². The van der Waals surface area contributed by atoms with Crippen molar-refractivity contribution in [2.45, 2.75) is 20.0 Å². The Morgan fingerprint density at radius 3 is 2.71 bits per heavy atom. The summed E-state index contributed by atoms with van der Waals surface area (Å²) in [6, 6.07) is 6.30. The molecule has 0 atom stereocenters. The number of aryl methyl sites for hydroxylation is 1. The Bertz CT molecular complexity index is 769. The normalized spacial score (nSPS) is 11.0. The van der Waals surface area contributed by atoms with Crippen molar-refractivity contribution in [1.82, 2.24) is 19.5 Å². The minimum atomic E-state index is -0.254. The second kappa shape index (κ2) is 5.65. The molecule has 3 rings (SSSR count). The van der Waals surface area contributed by atoms with Crippen LogP contribution < -0.4 is 5.32 Å². The molecule has 0 bridgehead atoms. The van der Waals surface area contributed by atoms with Gasteiger partial charge in [-0.3, -0.25) is 0 Å². The van der Waals surface area contributed by atoms with Gasteiger partial charge in [-0.1, -0.05) is 12.1 Å². The number of anilines is 1. The van der Waals surface area contributed by atoms with Crippen LogP contribution in [0.15, 0.2) is 30.6 Å². The van der Waals surface area contributed by atoms with Crippen molar-refractivity contribution in [3.8, 4) is 0 Å². The lowest BCUT2D eigenvalue weighted by molar-refractivity contribution is 0.627. The Morgan fingerprint density at radius 1 is 1.24 bits per heavy atom.